The van der Waals surface area contributed by atoms with E-state index in [4.69, 9.17) is 5.11 Å². The van der Waals surface area contributed by atoms with E-state index in [-0.39, 0.29) is 19.0 Å². The van der Waals surface area contributed by atoms with Gasteiger partial charge in [0, 0.05) is 6.54 Å². The van der Waals surface area contributed by atoms with Crippen molar-refractivity contribution in [3.63, 3.8) is 0 Å². The topological polar surface area (TPSA) is 98.7 Å². The fourth-order valence-electron chi connectivity index (χ4n) is 1.88. The highest BCUT2D eigenvalue weighted by Crippen LogP contribution is 2.28. The first-order valence-electron chi connectivity index (χ1n) is 6.49. The second-order valence-corrected chi connectivity index (χ2v) is 5.50. The minimum absolute atomic E-state index is 0.0263. The maximum Gasteiger partial charge on any atom is 0.322 e. The molecule has 1 aromatic carbocycles. The fraction of sp³-hybridized carbons (Fsp3) is 0.357. The molecule has 0 atom stereocenters. The smallest absolute Gasteiger partial charge is 0.322 e. The number of carbonyl (C=O) groups excluding carboxylic acids is 2. The zero-order valence-corrected chi connectivity index (χ0v) is 11.8. The van der Waals surface area contributed by atoms with Gasteiger partial charge in [0.05, 0.1) is 16.8 Å². The molecule has 0 aliphatic carbocycles. The van der Waals surface area contributed by atoms with Crippen LogP contribution in [0.5, 0.6) is 0 Å². The van der Waals surface area contributed by atoms with Crippen molar-refractivity contribution in [2.75, 3.05) is 23.3 Å². The molecule has 112 valence electrons. The highest BCUT2D eigenvalue weighted by Gasteiger charge is 2.31. The number of hydrogen-bond acceptors (Lipinski definition) is 3. The standard InChI is InChI=1S/C14H17N3O4/c1-14(2,12(19)20)8-15-13(21)17-7-11(18)16-9-5-3-4-6-10(9)17/h3-6H,7-8H2,1-2H3,(H,15,21)(H,16,18)(H,19,20). The van der Waals surface area contributed by atoms with E-state index in [0.29, 0.717) is 11.4 Å². The van der Waals surface area contributed by atoms with Crippen molar-refractivity contribution in [3.05, 3.63) is 24.3 Å². The normalized spacial score (nSPS) is 14.2. The summed E-state index contributed by atoms with van der Waals surface area (Å²) in [5.74, 6) is -1.29. The molecule has 7 nitrogen and oxygen atoms in total. The Morgan fingerprint density at radius 3 is 2.71 bits per heavy atom. The third-order valence-corrected chi connectivity index (χ3v) is 3.28. The number of rotatable bonds is 3. The number of para-hydroxylation sites is 2. The van der Waals surface area contributed by atoms with Crippen molar-refractivity contribution in [3.8, 4) is 0 Å². The monoisotopic (exact) mass is 291 g/mol. The lowest BCUT2D eigenvalue weighted by atomic mass is 9.94. The SMILES string of the molecule is CC(C)(CNC(=O)N1CC(=O)Nc2ccccc21)C(=O)O. The van der Waals surface area contributed by atoms with Gasteiger partial charge in [0.1, 0.15) is 6.54 Å². The number of urea groups is 1. The van der Waals surface area contributed by atoms with Gasteiger partial charge in [-0.2, -0.15) is 0 Å². The van der Waals surface area contributed by atoms with E-state index >= 15 is 0 Å². The molecule has 21 heavy (non-hydrogen) atoms. The molecule has 0 saturated heterocycles. The van der Waals surface area contributed by atoms with Gasteiger partial charge in [0.2, 0.25) is 5.91 Å². The fourth-order valence-corrected chi connectivity index (χ4v) is 1.88. The van der Waals surface area contributed by atoms with Gasteiger partial charge < -0.3 is 15.7 Å². The minimum Gasteiger partial charge on any atom is -0.481 e. The van der Waals surface area contributed by atoms with Crippen LogP contribution in [-0.4, -0.2) is 36.1 Å². The number of hydrogen-bond donors (Lipinski definition) is 3. The first kappa shape index (κ1) is 14.8. The molecule has 0 radical (unpaired) electrons. The van der Waals surface area contributed by atoms with Crippen LogP contribution in [0.2, 0.25) is 0 Å². The van der Waals surface area contributed by atoms with Gasteiger partial charge in [0.25, 0.3) is 0 Å². The number of benzene rings is 1. The molecule has 0 saturated carbocycles. The van der Waals surface area contributed by atoms with E-state index in [1.807, 2.05) is 0 Å². The van der Waals surface area contributed by atoms with Crippen molar-refractivity contribution in [2.24, 2.45) is 5.41 Å². The van der Waals surface area contributed by atoms with Crippen molar-refractivity contribution < 1.29 is 19.5 Å². The second-order valence-electron chi connectivity index (χ2n) is 5.50. The Balaban J connectivity index is 2.13. The third-order valence-electron chi connectivity index (χ3n) is 3.28. The summed E-state index contributed by atoms with van der Waals surface area (Å²) in [5.41, 5.74) is 0.0665. The summed E-state index contributed by atoms with van der Waals surface area (Å²) in [4.78, 5) is 36.2. The van der Waals surface area contributed by atoms with Gasteiger partial charge in [-0.15, -0.1) is 0 Å². The Kier molecular flexibility index (Phi) is 3.84. The number of nitrogens with zero attached hydrogens (tertiary/aromatic N) is 1. The zero-order valence-electron chi connectivity index (χ0n) is 11.8. The van der Waals surface area contributed by atoms with Crippen LogP contribution in [0.4, 0.5) is 16.2 Å². The molecule has 0 fully saturated rings. The Labute approximate surface area is 121 Å². The van der Waals surface area contributed by atoms with Crippen LogP contribution in [-0.2, 0) is 9.59 Å². The number of aliphatic carboxylic acids is 1. The summed E-state index contributed by atoms with van der Waals surface area (Å²) < 4.78 is 0. The second kappa shape index (κ2) is 5.43. The molecule has 1 aliphatic rings. The van der Waals surface area contributed by atoms with Crippen LogP contribution in [0.3, 0.4) is 0 Å². The molecule has 7 heteroatoms. The third kappa shape index (κ3) is 3.13. The molecule has 3 N–H and O–H groups in total. The molecule has 0 unspecified atom stereocenters. The predicted molar refractivity (Wildman–Crippen MR) is 77.2 cm³/mol. The quantitative estimate of drug-likeness (QED) is 0.781. The van der Waals surface area contributed by atoms with E-state index < -0.39 is 17.4 Å². The number of carboxylic acids is 1. The van der Waals surface area contributed by atoms with Gasteiger partial charge >= 0.3 is 12.0 Å². The van der Waals surface area contributed by atoms with E-state index in [9.17, 15) is 14.4 Å². The average Bonchev–Trinajstić information content (AvgIpc) is 2.43. The molecular formula is C14H17N3O4. The summed E-state index contributed by atoms with van der Waals surface area (Å²) in [5, 5.41) is 14.3. The zero-order chi connectivity index (χ0) is 15.6. The Morgan fingerprint density at radius 1 is 1.38 bits per heavy atom. The molecule has 1 aromatic rings. The first-order valence-corrected chi connectivity index (χ1v) is 6.49. The molecule has 1 aliphatic heterocycles. The van der Waals surface area contributed by atoms with Crippen LogP contribution in [0.15, 0.2) is 24.3 Å². The maximum absolute atomic E-state index is 12.2. The summed E-state index contributed by atoms with van der Waals surface area (Å²) in [7, 11) is 0. The summed E-state index contributed by atoms with van der Waals surface area (Å²) in [6, 6.07) is 6.45. The van der Waals surface area contributed by atoms with Crippen molar-refractivity contribution in [1.29, 1.82) is 0 Å². The van der Waals surface area contributed by atoms with Crippen molar-refractivity contribution in [2.45, 2.75) is 13.8 Å². The lowest BCUT2D eigenvalue weighted by Crippen LogP contribution is -2.49. The molecular weight excluding hydrogens is 274 g/mol. The largest absolute Gasteiger partial charge is 0.481 e. The number of anilines is 2. The number of carboxylic acid groups (broad SMARTS) is 1. The van der Waals surface area contributed by atoms with Crippen molar-refractivity contribution >= 4 is 29.3 Å². The first-order chi connectivity index (χ1) is 9.81. The molecule has 0 spiro atoms. The molecule has 0 aromatic heterocycles. The number of nitrogens with one attached hydrogen (secondary N) is 2. The van der Waals surface area contributed by atoms with Crippen LogP contribution in [0.1, 0.15) is 13.8 Å². The van der Waals surface area contributed by atoms with E-state index in [0.717, 1.165) is 0 Å². The lowest BCUT2D eigenvalue weighted by molar-refractivity contribution is -0.146. The molecule has 3 amide bonds. The van der Waals surface area contributed by atoms with Gasteiger partial charge in [-0.1, -0.05) is 12.1 Å². The highest BCUT2D eigenvalue weighted by molar-refractivity contribution is 6.09. The number of amides is 3. The molecule has 0 bridgehead atoms. The number of carbonyl (C=O) groups is 3. The van der Waals surface area contributed by atoms with Gasteiger partial charge in [-0.25, -0.2) is 4.79 Å². The average molecular weight is 291 g/mol. The Hall–Kier alpha value is -2.57. The Bertz CT molecular complexity index is 598. The summed E-state index contributed by atoms with van der Waals surface area (Å²) in [6.45, 7) is 2.91. The highest BCUT2D eigenvalue weighted by atomic mass is 16.4. The van der Waals surface area contributed by atoms with E-state index in [1.165, 1.54) is 18.7 Å². The van der Waals surface area contributed by atoms with Gasteiger partial charge in [0.15, 0.2) is 0 Å². The van der Waals surface area contributed by atoms with Gasteiger partial charge in [-0.05, 0) is 26.0 Å². The van der Waals surface area contributed by atoms with Crippen LogP contribution in [0, 0.1) is 5.41 Å². The van der Waals surface area contributed by atoms with Crippen LogP contribution in [0.25, 0.3) is 0 Å². The minimum atomic E-state index is -1.08. The van der Waals surface area contributed by atoms with E-state index in [2.05, 4.69) is 10.6 Å². The summed E-state index contributed by atoms with van der Waals surface area (Å²) >= 11 is 0. The predicted octanol–water partition coefficient (Wildman–Crippen LogP) is 1.27. The maximum atomic E-state index is 12.2. The lowest BCUT2D eigenvalue weighted by Gasteiger charge is -2.30. The van der Waals surface area contributed by atoms with Crippen molar-refractivity contribution in [1.82, 2.24) is 5.32 Å². The summed E-state index contributed by atoms with van der Waals surface area (Å²) in [6.07, 6.45) is 0. The van der Waals surface area contributed by atoms with Gasteiger partial charge in [-0.3, -0.25) is 14.5 Å². The van der Waals surface area contributed by atoms with E-state index in [1.54, 1.807) is 24.3 Å². The Morgan fingerprint density at radius 2 is 2.05 bits per heavy atom. The number of fused-ring (bicyclic) bond motifs is 1. The molecule has 2 rings (SSSR count). The van der Waals surface area contributed by atoms with Crippen LogP contribution >= 0.6 is 0 Å². The molecule has 1 heterocycles. The van der Waals surface area contributed by atoms with Crippen LogP contribution < -0.4 is 15.5 Å².